The summed E-state index contributed by atoms with van der Waals surface area (Å²) in [6, 6.07) is 8.06. The first-order chi connectivity index (χ1) is 9.29. The molecule has 1 atom stereocenters. The number of ether oxygens (including phenoxy) is 1. The van der Waals surface area contributed by atoms with Crippen LogP contribution in [0.15, 0.2) is 24.3 Å². The summed E-state index contributed by atoms with van der Waals surface area (Å²) in [6.07, 6.45) is 3.86. The van der Waals surface area contributed by atoms with Gasteiger partial charge in [-0.2, -0.15) is 0 Å². The second-order valence-electron chi connectivity index (χ2n) is 4.81. The van der Waals surface area contributed by atoms with Crippen LogP contribution < -0.4 is 15.4 Å². The lowest BCUT2D eigenvalue weighted by atomic mass is 10.1. The largest absolute Gasteiger partial charge is 0.492 e. The number of nitrogens with one attached hydrogen (secondary N) is 2. The lowest BCUT2D eigenvalue weighted by molar-refractivity contribution is -0.116. The molecule has 1 fully saturated rings. The van der Waals surface area contributed by atoms with Gasteiger partial charge in [0.05, 0.1) is 12.3 Å². The molecule has 2 rings (SSSR count). The summed E-state index contributed by atoms with van der Waals surface area (Å²) >= 11 is 0. The third kappa shape index (κ3) is 5.02. The summed E-state index contributed by atoms with van der Waals surface area (Å²) in [4.78, 5) is 11.9. The molecule has 1 aliphatic rings. The van der Waals surface area contributed by atoms with Crippen LogP contribution >= 0.6 is 12.4 Å². The fourth-order valence-electron chi connectivity index (χ4n) is 2.37. The molecule has 0 bridgehead atoms. The maximum Gasteiger partial charge on any atom is 0.224 e. The number of carbonyl (C=O) groups excluding carboxylic acids is 1. The third-order valence-corrected chi connectivity index (χ3v) is 3.34. The van der Waals surface area contributed by atoms with E-state index in [2.05, 4.69) is 10.6 Å². The Morgan fingerprint density at radius 2 is 2.25 bits per heavy atom. The molecule has 1 heterocycles. The minimum atomic E-state index is 0. The van der Waals surface area contributed by atoms with E-state index in [0.29, 0.717) is 19.1 Å². The summed E-state index contributed by atoms with van der Waals surface area (Å²) in [7, 11) is 0. The normalized spacial score (nSPS) is 17.4. The molecular weight excluding hydrogens is 276 g/mol. The zero-order valence-electron chi connectivity index (χ0n) is 11.9. The quantitative estimate of drug-likeness (QED) is 0.849. The molecular formula is C15H23ClN2O2. The van der Waals surface area contributed by atoms with E-state index in [4.69, 9.17) is 4.74 Å². The maximum atomic E-state index is 11.9. The number of hydrogen-bond acceptors (Lipinski definition) is 3. The second kappa shape index (κ2) is 8.82. The Balaban J connectivity index is 0.00000200. The number of halogens is 1. The van der Waals surface area contributed by atoms with Crippen LogP contribution in [0.25, 0.3) is 0 Å². The molecule has 1 saturated heterocycles. The number of para-hydroxylation sites is 2. The molecule has 1 aromatic rings. The highest BCUT2D eigenvalue weighted by Crippen LogP contribution is 2.24. The molecule has 20 heavy (non-hydrogen) atoms. The standard InChI is InChI=1S/C15H22N2O2.ClH/c1-2-19-14-8-4-3-7-13(14)17-15(18)10-9-12-6-5-11-16-12;/h3-4,7-8,12,16H,2,5-6,9-11H2,1H3,(H,17,18);1H. The van der Waals surface area contributed by atoms with Crippen molar-refractivity contribution < 1.29 is 9.53 Å². The van der Waals surface area contributed by atoms with Gasteiger partial charge in [-0.25, -0.2) is 0 Å². The average Bonchev–Trinajstić information content (AvgIpc) is 2.92. The zero-order chi connectivity index (χ0) is 13.5. The van der Waals surface area contributed by atoms with Crippen LogP contribution in [0.3, 0.4) is 0 Å². The van der Waals surface area contributed by atoms with E-state index in [1.165, 1.54) is 12.8 Å². The van der Waals surface area contributed by atoms with Crippen molar-refractivity contribution in [3.8, 4) is 5.75 Å². The van der Waals surface area contributed by atoms with E-state index < -0.39 is 0 Å². The van der Waals surface area contributed by atoms with Gasteiger partial charge in [0.15, 0.2) is 0 Å². The highest BCUT2D eigenvalue weighted by Gasteiger charge is 2.15. The zero-order valence-corrected chi connectivity index (χ0v) is 12.7. The van der Waals surface area contributed by atoms with Crippen molar-refractivity contribution in [3.63, 3.8) is 0 Å². The molecule has 0 aromatic heterocycles. The summed E-state index contributed by atoms with van der Waals surface area (Å²) in [6.45, 7) is 3.61. The summed E-state index contributed by atoms with van der Waals surface area (Å²) in [5.74, 6) is 0.790. The smallest absolute Gasteiger partial charge is 0.224 e. The minimum absolute atomic E-state index is 0. The number of hydrogen-bond donors (Lipinski definition) is 2. The molecule has 2 N–H and O–H groups in total. The lowest BCUT2D eigenvalue weighted by Crippen LogP contribution is -2.23. The summed E-state index contributed by atoms with van der Waals surface area (Å²) < 4.78 is 5.49. The molecule has 5 heteroatoms. The Kier molecular flexibility index (Phi) is 7.41. The Morgan fingerprint density at radius 3 is 2.95 bits per heavy atom. The highest BCUT2D eigenvalue weighted by atomic mass is 35.5. The predicted molar refractivity (Wildman–Crippen MR) is 83.7 cm³/mol. The SMILES string of the molecule is CCOc1ccccc1NC(=O)CCC1CCCN1.Cl. The monoisotopic (exact) mass is 298 g/mol. The van der Waals surface area contributed by atoms with E-state index in [-0.39, 0.29) is 18.3 Å². The van der Waals surface area contributed by atoms with Gasteiger partial charge in [0.25, 0.3) is 0 Å². The molecule has 0 aliphatic carbocycles. The number of rotatable bonds is 6. The number of carbonyl (C=O) groups is 1. The Bertz CT molecular complexity index is 420. The van der Waals surface area contributed by atoms with Crippen LogP contribution in [0.1, 0.15) is 32.6 Å². The first-order valence-electron chi connectivity index (χ1n) is 7.04. The summed E-state index contributed by atoms with van der Waals surface area (Å²) in [5.41, 5.74) is 0.758. The van der Waals surface area contributed by atoms with Gasteiger partial charge in [-0.15, -0.1) is 12.4 Å². The first-order valence-corrected chi connectivity index (χ1v) is 7.04. The van der Waals surface area contributed by atoms with Crippen LogP contribution in [0.5, 0.6) is 5.75 Å². The second-order valence-corrected chi connectivity index (χ2v) is 4.81. The van der Waals surface area contributed by atoms with Gasteiger partial charge in [-0.1, -0.05) is 12.1 Å². The van der Waals surface area contributed by atoms with E-state index >= 15 is 0 Å². The van der Waals surface area contributed by atoms with Gasteiger partial charge < -0.3 is 15.4 Å². The Morgan fingerprint density at radius 1 is 1.45 bits per heavy atom. The van der Waals surface area contributed by atoms with Gasteiger partial charge in [-0.05, 0) is 44.9 Å². The maximum absolute atomic E-state index is 11.9. The summed E-state index contributed by atoms with van der Waals surface area (Å²) in [5, 5.41) is 6.33. The van der Waals surface area contributed by atoms with Gasteiger partial charge in [0.2, 0.25) is 5.91 Å². The highest BCUT2D eigenvalue weighted by molar-refractivity contribution is 5.92. The third-order valence-electron chi connectivity index (χ3n) is 3.34. The molecule has 112 valence electrons. The molecule has 1 aliphatic heterocycles. The van der Waals surface area contributed by atoms with Crippen molar-refractivity contribution in [1.82, 2.24) is 5.32 Å². The number of amides is 1. The van der Waals surface area contributed by atoms with E-state index in [1.54, 1.807) is 0 Å². The van der Waals surface area contributed by atoms with Crippen molar-refractivity contribution in [1.29, 1.82) is 0 Å². The Hall–Kier alpha value is -1.26. The fraction of sp³-hybridized carbons (Fsp3) is 0.533. The number of anilines is 1. The van der Waals surface area contributed by atoms with Crippen LogP contribution in [-0.2, 0) is 4.79 Å². The van der Waals surface area contributed by atoms with Gasteiger partial charge in [0, 0.05) is 12.5 Å². The Labute approximate surface area is 126 Å². The van der Waals surface area contributed by atoms with Gasteiger partial charge in [0.1, 0.15) is 5.75 Å². The minimum Gasteiger partial charge on any atom is -0.492 e. The van der Waals surface area contributed by atoms with Crippen molar-refractivity contribution in [2.24, 2.45) is 0 Å². The van der Waals surface area contributed by atoms with Gasteiger partial charge in [-0.3, -0.25) is 4.79 Å². The molecule has 0 radical (unpaired) electrons. The fourth-order valence-corrected chi connectivity index (χ4v) is 2.37. The van der Waals surface area contributed by atoms with Crippen LogP contribution in [0, 0.1) is 0 Å². The molecule has 1 unspecified atom stereocenters. The van der Waals surface area contributed by atoms with Crippen LogP contribution in [0.4, 0.5) is 5.69 Å². The molecule has 0 spiro atoms. The number of benzene rings is 1. The topological polar surface area (TPSA) is 50.4 Å². The lowest BCUT2D eigenvalue weighted by Gasteiger charge is -2.12. The van der Waals surface area contributed by atoms with Crippen molar-refractivity contribution >= 4 is 24.0 Å². The molecule has 1 amide bonds. The first kappa shape index (κ1) is 16.8. The molecule has 4 nitrogen and oxygen atoms in total. The molecule has 0 saturated carbocycles. The average molecular weight is 299 g/mol. The van der Waals surface area contributed by atoms with E-state index in [9.17, 15) is 4.79 Å². The molecule has 1 aromatic carbocycles. The van der Waals surface area contributed by atoms with Crippen molar-refractivity contribution in [2.45, 2.75) is 38.6 Å². The van der Waals surface area contributed by atoms with Crippen molar-refractivity contribution in [2.75, 3.05) is 18.5 Å². The van der Waals surface area contributed by atoms with E-state index in [0.717, 1.165) is 24.4 Å². The van der Waals surface area contributed by atoms with Gasteiger partial charge >= 0.3 is 0 Å². The van der Waals surface area contributed by atoms with E-state index in [1.807, 2.05) is 31.2 Å². The van der Waals surface area contributed by atoms with Crippen LogP contribution in [0.2, 0.25) is 0 Å². The van der Waals surface area contributed by atoms with Crippen LogP contribution in [-0.4, -0.2) is 25.1 Å². The van der Waals surface area contributed by atoms with Crippen molar-refractivity contribution in [3.05, 3.63) is 24.3 Å². The predicted octanol–water partition coefficient (Wildman–Crippen LogP) is 2.98.